The Bertz CT molecular complexity index is 375. The number of rotatable bonds is 4. The molecule has 0 aromatic heterocycles. The van der Waals surface area contributed by atoms with Crippen molar-refractivity contribution in [3.63, 3.8) is 0 Å². The average molecular weight is 298 g/mol. The minimum Gasteiger partial charge on any atom is -0.481 e. The van der Waals surface area contributed by atoms with Gasteiger partial charge in [-0.25, -0.2) is 4.79 Å². The number of carbonyl (C=O) groups is 2. The molecule has 1 saturated carbocycles. The summed E-state index contributed by atoms with van der Waals surface area (Å²) in [6.45, 7) is 0.679. The zero-order valence-electron chi connectivity index (χ0n) is 12.5. The number of nitrogens with zero attached hydrogens (tertiary/aromatic N) is 1. The van der Waals surface area contributed by atoms with E-state index in [9.17, 15) is 14.7 Å². The van der Waals surface area contributed by atoms with E-state index in [-0.39, 0.29) is 24.5 Å². The van der Waals surface area contributed by atoms with Crippen LogP contribution in [0.5, 0.6) is 0 Å². The van der Waals surface area contributed by atoms with E-state index in [4.69, 9.17) is 5.11 Å². The maximum Gasteiger partial charge on any atom is 0.317 e. The van der Waals surface area contributed by atoms with Gasteiger partial charge in [0.1, 0.15) is 0 Å². The van der Waals surface area contributed by atoms with Crippen molar-refractivity contribution >= 4 is 12.0 Å². The van der Waals surface area contributed by atoms with Crippen molar-refractivity contribution in [1.29, 1.82) is 0 Å². The number of hydrogen-bond acceptors (Lipinski definition) is 3. The summed E-state index contributed by atoms with van der Waals surface area (Å²) in [5.74, 6) is -0.816. The van der Waals surface area contributed by atoms with Crippen molar-refractivity contribution in [2.24, 2.45) is 0 Å². The molecular weight excluding hydrogens is 272 g/mol. The first-order valence-corrected chi connectivity index (χ1v) is 8.05. The summed E-state index contributed by atoms with van der Waals surface area (Å²) >= 11 is 0. The minimum atomic E-state index is -0.816. The molecule has 6 heteroatoms. The summed E-state index contributed by atoms with van der Waals surface area (Å²) in [6, 6.07) is -0.292. The van der Waals surface area contributed by atoms with Crippen molar-refractivity contribution < 1.29 is 19.8 Å². The molecule has 0 aromatic rings. The molecule has 0 spiro atoms. The molecule has 3 atom stereocenters. The zero-order valence-corrected chi connectivity index (χ0v) is 12.5. The number of carboxylic acid groups (broad SMARTS) is 1. The van der Waals surface area contributed by atoms with E-state index < -0.39 is 12.1 Å². The Morgan fingerprint density at radius 2 is 1.81 bits per heavy atom. The van der Waals surface area contributed by atoms with Gasteiger partial charge in [-0.2, -0.15) is 0 Å². The number of hydrogen-bond donors (Lipinski definition) is 3. The standard InChI is InChI=1S/C15H26N2O4/c18-13-7-2-1-6-12(13)16-15(21)17-10-4-3-5-11(17)8-9-14(19)20/h11-13,18H,1-10H2,(H,16,21)(H,19,20). The maximum absolute atomic E-state index is 12.4. The molecule has 1 aliphatic carbocycles. The van der Waals surface area contributed by atoms with Crippen molar-refractivity contribution in [2.45, 2.75) is 76.0 Å². The molecule has 2 amide bonds. The highest BCUT2D eigenvalue weighted by Gasteiger charge is 2.30. The molecule has 1 heterocycles. The number of aliphatic carboxylic acids is 1. The second kappa shape index (κ2) is 7.64. The number of likely N-dealkylation sites (tertiary alicyclic amines) is 1. The van der Waals surface area contributed by atoms with Crippen LogP contribution in [0, 0.1) is 0 Å². The number of piperidine rings is 1. The number of nitrogens with one attached hydrogen (secondary N) is 1. The van der Waals surface area contributed by atoms with Gasteiger partial charge in [0.2, 0.25) is 0 Å². The van der Waals surface area contributed by atoms with E-state index in [1.165, 1.54) is 0 Å². The van der Waals surface area contributed by atoms with E-state index in [0.717, 1.165) is 44.9 Å². The summed E-state index contributed by atoms with van der Waals surface area (Å²) in [6.07, 6.45) is 6.64. The Labute approximate surface area is 125 Å². The molecule has 0 radical (unpaired) electrons. The van der Waals surface area contributed by atoms with E-state index in [1.54, 1.807) is 4.90 Å². The molecular formula is C15H26N2O4. The van der Waals surface area contributed by atoms with Gasteiger partial charge in [0.05, 0.1) is 12.1 Å². The molecule has 1 aliphatic heterocycles. The van der Waals surface area contributed by atoms with Crippen LogP contribution >= 0.6 is 0 Å². The maximum atomic E-state index is 12.4. The third-order valence-corrected chi connectivity index (χ3v) is 4.62. The smallest absolute Gasteiger partial charge is 0.317 e. The van der Waals surface area contributed by atoms with Gasteiger partial charge in [-0.15, -0.1) is 0 Å². The third-order valence-electron chi connectivity index (χ3n) is 4.62. The lowest BCUT2D eigenvalue weighted by Gasteiger charge is -2.38. The second-order valence-electron chi connectivity index (χ2n) is 6.18. The first-order chi connectivity index (χ1) is 10.1. The van der Waals surface area contributed by atoms with Crippen LogP contribution in [0.3, 0.4) is 0 Å². The molecule has 21 heavy (non-hydrogen) atoms. The fourth-order valence-corrected chi connectivity index (χ4v) is 3.38. The highest BCUT2D eigenvalue weighted by molar-refractivity contribution is 5.75. The number of amides is 2. The van der Waals surface area contributed by atoms with Crippen molar-refractivity contribution in [3.8, 4) is 0 Å². The van der Waals surface area contributed by atoms with E-state index in [2.05, 4.69) is 5.32 Å². The van der Waals surface area contributed by atoms with Crippen LogP contribution in [-0.4, -0.2) is 51.8 Å². The van der Waals surface area contributed by atoms with Gasteiger partial charge in [0, 0.05) is 19.0 Å². The van der Waals surface area contributed by atoms with Crippen LogP contribution in [0.25, 0.3) is 0 Å². The number of urea groups is 1. The van der Waals surface area contributed by atoms with Crippen molar-refractivity contribution in [2.75, 3.05) is 6.54 Å². The number of aliphatic hydroxyl groups excluding tert-OH is 1. The quantitative estimate of drug-likeness (QED) is 0.737. The van der Waals surface area contributed by atoms with E-state index >= 15 is 0 Å². The Kier molecular flexibility index (Phi) is 5.85. The van der Waals surface area contributed by atoms with Gasteiger partial charge in [-0.05, 0) is 38.5 Å². The normalized spacial score (nSPS) is 30.0. The van der Waals surface area contributed by atoms with Crippen molar-refractivity contribution in [3.05, 3.63) is 0 Å². The predicted octanol–water partition coefficient (Wildman–Crippen LogP) is 1.72. The van der Waals surface area contributed by atoms with E-state index in [0.29, 0.717) is 13.0 Å². The Hall–Kier alpha value is -1.30. The minimum absolute atomic E-state index is 0.00980. The number of carbonyl (C=O) groups excluding carboxylic acids is 1. The number of carboxylic acids is 1. The van der Waals surface area contributed by atoms with Gasteiger partial charge in [0.15, 0.2) is 0 Å². The summed E-state index contributed by atoms with van der Waals surface area (Å²) in [7, 11) is 0. The summed E-state index contributed by atoms with van der Waals surface area (Å²) in [4.78, 5) is 24.9. The Balaban J connectivity index is 1.89. The van der Waals surface area contributed by atoms with Gasteiger partial charge < -0.3 is 20.4 Å². The van der Waals surface area contributed by atoms with Crippen LogP contribution < -0.4 is 5.32 Å². The SMILES string of the molecule is O=C(O)CCC1CCCCN1C(=O)NC1CCCCC1O. The van der Waals surface area contributed by atoms with Crippen LogP contribution in [0.2, 0.25) is 0 Å². The topological polar surface area (TPSA) is 89.9 Å². The monoisotopic (exact) mass is 298 g/mol. The summed E-state index contributed by atoms with van der Waals surface area (Å²) in [5.41, 5.74) is 0. The fourth-order valence-electron chi connectivity index (χ4n) is 3.38. The molecule has 6 nitrogen and oxygen atoms in total. The number of aliphatic hydroxyl groups is 1. The molecule has 3 unspecified atom stereocenters. The lowest BCUT2D eigenvalue weighted by Crippen LogP contribution is -2.54. The largest absolute Gasteiger partial charge is 0.481 e. The van der Waals surface area contributed by atoms with Crippen LogP contribution in [0.1, 0.15) is 57.8 Å². The average Bonchev–Trinajstić information content (AvgIpc) is 2.47. The molecule has 0 aromatic carbocycles. The lowest BCUT2D eigenvalue weighted by molar-refractivity contribution is -0.137. The van der Waals surface area contributed by atoms with Crippen LogP contribution in [0.15, 0.2) is 0 Å². The Morgan fingerprint density at radius 1 is 1.10 bits per heavy atom. The Morgan fingerprint density at radius 3 is 2.52 bits per heavy atom. The third kappa shape index (κ3) is 4.59. The highest BCUT2D eigenvalue weighted by atomic mass is 16.4. The van der Waals surface area contributed by atoms with Gasteiger partial charge in [0.25, 0.3) is 0 Å². The first kappa shape index (κ1) is 16.1. The lowest BCUT2D eigenvalue weighted by atomic mass is 9.92. The van der Waals surface area contributed by atoms with Gasteiger partial charge in [-0.1, -0.05) is 12.8 Å². The predicted molar refractivity (Wildman–Crippen MR) is 78.0 cm³/mol. The summed E-state index contributed by atoms with van der Waals surface area (Å²) < 4.78 is 0. The van der Waals surface area contributed by atoms with Gasteiger partial charge >= 0.3 is 12.0 Å². The van der Waals surface area contributed by atoms with Gasteiger partial charge in [-0.3, -0.25) is 4.79 Å². The van der Waals surface area contributed by atoms with Crippen LogP contribution in [0.4, 0.5) is 4.79 Å². The van der Waals surface area contributed by atoms with E-state index in [1.807, 2.05) is 0 Å². The molecule has 3 N–H and O–H groups in total. The molecule has 2 aliphatic rings. The molecule has 120 valence electrons. The molecule has 1 saturated heterocycles. The molecule has 2 fully saturated rings. The first-order valence-electron chi connectivity index (χ1n) is 8.05. The van der Waals surface area contributed by atoms with Crippen molar-refractivity contribution in [1.82, 2.24) is 10.2 Å². The molecule has 2 rings (SSSR count). The summed E-state index contributed by atoms with van der Waals surface area (Å²) in [5, 5.41) is 21.7. The fraction of sp³-hybridized carbons (Fsp3) is 0.867. The second-order valence-corrected chi connectivity index (χ2v) is 6.18. The zero-order chi connectivity index (χ0) is 15.2. The highest BCUT2D eigenvalue weighted by Crippen LogP contribution is 2.23. The molecule has 0 bridgehead atoms. The van der Waals surface area contributed by atoms with Crippen LogP contribution in [-0.2, 0) is 4.79 Å².